The summed E-state index contributed by atoms with van der Waals surface area (Å²) in [6.45, 7) is 0. The zero-order valence-electron chi connectivity index (χ0n) is 9.16. The molecule has 0 unspecified atom stereocenters. The lowest BCUT2D eigenvalue weighted by molar-refractivity contribution is -0.137. The first kappa shape index (κ1) is 12.7. The molecule has 0 bridgehead atoms. The Bertz CT molecular complexity index is 572. The van der Waals surface area contributed by atoms with Crippen LogP contribution in [0.5, 0.6) is 0 Å². The molecule has 0 aliphatic carbocycles. The van der Waals surface area contributed by atoms with Crippen molar-refractivity contribution in [2.45, 2.75) is 6.18 Å². The van der Waals surface area contributed by atoms with Crippen molar-refractivity contribution in [1.82, 2.24) is 14.8 Å². The van der Waals surface area contributed by atoms with E-state index in [0.717, 1.165) is 6.07 Å². The number of aromatic nitrogens is 3. The molecule has 0 saturated carbocycles. The van der Waals surface area contributed by atoms with Gasteiger partial charge < -0.3 is 5.73 Å². The lowest BCUT2D eigenvalue weighted by Crippen LogP contribution is -2.07. The molecule has 2 heterocycles. The van der Waals surface area contributed by atoms with E-state index in [9.17, 15) is 13.2 Å². The molecule has 0 fully saturated rings. The predicted molar refractivity (Wildman–Crippen MR) is 60.9 cm³/mol. The van der Waals surface area contributed by atoms with Gasteiger partial charge in [-0.15, -0.1) is 0 Å². The average molecular weight is 277 g/mol. The van der Waals surface area contributed by atoms with E-state index in [0.29, 0.717) is 11.9 Å². The van der Waals surface area contributed by atoms with Crippen molar-refractivity contribution >= 4 is 17.3 Å². The predicted octanol–water partition coefficient (Wildman–Crippen LogP) is 2.74. The highest BCUT2D eigenvalue weighted by molar-refractivity contribution is 6.32. The fraction of sp³-hybridized carbons (Fsp3) is 0.200. The molecule has 8 heteroatoms. The molecule has 0 aromatic carbocycles. The number of nitrogens with two attached hydrogens (primary N) is 1. The highest BCUT2D eigenvalue weighted by Crippen LogP contribution is 2.36. The van der Waals surface area contributed by atoms with Gasteiger partial charge in [0.25, 0.3) is 0 Å². The Labute approximate surface area is 105 Å². The maximum Gasteiger partial charge on any atom is 0.417 e. The smallest absolute Gasteiger partial charge is 0.396 e. The van der Waals surface area contributed by atoms with Crippen LogP contribution in [0.4, 0.5) is 18.9 Å². The number of alkyl halides is 3. The fourth-order valence-corrected chi connectivity index (χ4v) is 1.75. The number of anilines is 1. The molecular weight excluding hydrogens is 269 g/mol. The van der Waals surface area contributed by atoms with Gasteiger partial charge in [0.1, 0.15) is 5.15 Å². The van der Waals surface area contributed by atoms with Crippen molar-refractivity contribution in [2.75, 3.05) is 5.73 Å². The summed E-state index contributed by atoms with van der Waals surface area (Å²) in [6.07, 6.45) is -2.47. The zero-order chi connectivity index (χ0) is 13.5. The summed E-state index contributed by atoms with van der Waals surface area (Å²) in [7, 11) is 1.56. The third-order valence-electron chi connectivity index (χ3n) is 2.39. The summed E-state index contributed by atoms with van der Waals surface area (Å²) in [5.74, 6) is 0. The molecule has 2 aromatic heterocycles. The molecule has 2 rings (SSSR count). The summed E-state index contributed by atoms with van der Waals surface area (Å²) >= 11 is 5.81. The minimum atomic E-state index is -4.49. The van der Waals surface area contributed by atoms with Gasteiger partial charge in [-0.25, -0.2) is 4.98 Å². The number of aryl methyl sites for hydroxylation is 1. The summed E-state index contributed by atoms with van der Waals surface area (Å²) in [6, 6.07) is 0.905. The molecule has 2 aromatic rings. The van der Waals surface area contributed by atoms with Crippen molar-refractivity contribution in [1.29, 1.82) is 0 Å². The van der Waals surface area contributed by atoms with E-state index in [-0.39, 0.29) is 16.4 Å². The highest BCUT2D eigenvalue weighted by Gasteiger charge is 2.32. The molecule has 0 radical (unpaired) electrons. The Hall–Kier alpha value is -1.76. The van der Waals surface area contributed by atoms with Crippen molar-refractivity contribution in [3.63, 3.8) is 0 Å². The van der Waals surface area contributed by atoms with Crippen LogP contribution < -0.4 is 5.73 Å². The molecule has 0 amide bonds. The number of hydrogen-bond donors (Lipinski definition) is 1. The molecule has 0 spiro atoms. The molecular formula is C10H8ClF3N4. The van der Waals surface area contributed by atoms with Gasteiger partial charge in [-0.1, -0.05) is 11.6 Å². The topological polar surface area (TPSA) is 56.7 Å². The van der Waals surface area contributed by atoms with Gasteiger partial charge in [0.2, 0.25) is 0 Å². The summed E-state index contributed by atoms with van der Waals surface area (Å²) in [5.41, 5.74) is 5.41. The van der Waals surface area contributed by atoms with Crippen LogP contribution in [0.2, 0.25) is 5.15 Å². The van der Waals surface area contributed by atoms with Gasteiger partial charge in [0.15, 0.2) is 0 Å². The normalized spacial score (nSPS) is 11.8. The highest BCUT2D eigenvalue weighted by atomic mass is 35.5. The van der Waals surface area contributed by atoms with Crippen LogP contribution >= 0.6 is 11.6 Å². The maximum atomic E-state index is 12.6. The van der Waals surface area contributed by atoms with E-state index in [4.69, 9.17) is 17.3 Å². The first-order valence-electron chi connectivity index (χ1n) is 4.81. The van der Waals surface area contributed by atoms with E-state index in [2.05, 4.69) is 10.1 Å². The van der Waals surface area contributed by atoms with Crippen LogP contribution in [0.3, 0.4) is 0 Å². The number of nitrogens with zero attached hydrogens (tertiary/aromatic N) is 3. The summed E-state index contributed by atoms with van der Waals surface area (Å²) < 4.78 is 39.2. The van der Waals surface area contributed by atoms with Crippen LogP contribution in [-0.2, 0) is 13.2 Å². The lowest BCUT2D eigenvalue weighted by atomic mass is 10.1. The van der Waals surface area contributed by atoms with E-state index in [1.165, 1.54) is 10.9 Å². The zero-order valence-corrected chi connectivity index (χ0v) is 9.92. The molecule has 0 atom stereocenters. The molecule has 4 nitrogen and oxygen atoms in total. The van der Waals surface area contributed by atoms with Crippen molar-refractivity contribution < 1.29 is 13.2 Å². The molecule has 0 aliphatic rings. The Kier molecular flexibility index (Phi) is 2.94. The van der Waals surface area contributed by atoms with Gasteiger partial charge in [-0.2, -0.15) is 18.3 Å². The third kappa shape index (κ3) is 2.13. The van der Waals surface area contributed by atoms with E-state index < -0.39 is 11.7 Å². The number of rotatable bonds is 1. The quantitative estimate of drug-likeness (QED) is 0.815. The standard InChI is InChI=1S/C10H8ClF3N4/c1-18-8(7(15)4-17-18)6-2-5(10(12,13)14)3-16-9(6)11/h2-4H,15H2,1H3. The van der Waals surface area contributed by atoms with E-state index in [1.54, 1.807) is 7.05 Å². The second-order valence-electron chi connectivity index (χ2n) is 3.63. The minimum absolute atomic E-state index is 0.0571. The largest absolute Gasteiger partial charge is 0.417 e. The van der Waals surface area contributed by atoms with Gasteiger partial charge in [-0.3, -0.25) is 4.68 Å². The molecule has 18 heavy (non-hydrogen) atoms. The molecule has 0 saturated heterocycles. The van der Waals surface area contributed by atoms with E-state index in [1.807, 2.05) is 0 Å². The summed E-state index contributed by atoms with van der Waals surface area (Å²) in [5, 5.41) is 3.79. The van der Waals surface area contributed by atoms with Crippen LogP contribution in [0, 0.1) is 0 Å². The Balaban J connectivity index is 2.65. The second-order valence-corrected chi connectivity index (χ2v) is 3.99. The van der Waals surface area contributed by atoms with Gasteiger partial charge in [0.05, 0.1) is 23.1 Å². The molecule has 96 valence electrons. The van der Waals surface area contributed by atoms with Gasteiger partial charge in [-0.05, 0) is 6.07 Å². The molecule has 2 N–H and O–H groups in total. The third-order valence-corrected chi connectivity index (χ3v) is 2.69. The van der Waals surface area contributed by atoms with Gasteiger partial charge in [0, 0.05) is 18.8 Å². The maximum absolute atomic E-state index is 12.6. The average Bonchev–Trinajstić information content (AvgIpc) is 2.58. The van der Waals surface area contributed by atoms with Crippen molar-refractivity contribution in [3.8, 4) is 11.3 Å². The number of hydrogen-bond acceptors (Lipinski definition) is 3. The summed E-state index contributed by atoms with van der Waals surface area (Å²) in [4.78, 5) is 3.53. The first-order valence-corrected chi connectivity index (χ1v) is 5.19. The van der Waals surface area contributed by atoms with Crippen LogP contribution in [0.25, 0.3) is 11.3 Å². The van der Waals surface area contributed by atoms with Crippen molar-refractivity contribution in [2.24, 2.45) is 7.05 Å². The minimum Gasteiger partial charge on any atom is -0.396 e. The number of halogens is 4. The van der Waals surface area contributed by atoms with Crippen LogP contribution in [0.15, 0.2) is 18.5 Å². The number of nitrogen functional groups attached to an aromatic ring is 1. The Morgan fingerprint density at radius 1 is 1.33 bits per heavy atom. The molecule has 0 aliphatic heterocycles. The lowest BCUT2D eigenvalue weighted by Gasteiger charge is -2.10. The second kappa shape index (κ2) is 4.16. The SMILES string of the molecule is Cn1ncc(N)c1-c1cc(C(F)(F)F)cnc1Cl. The van der Waals surface area contributed by atoms with Gasteiger partial charge >= 0.3 is 6.18 Å². The monoisotopic (exact) mass is 276 g/mol. The first-order chi connectivity index (χ1) is 8.30. The Morgan fingerprint density at radius 2 is 2.00 bits per heavy atom. The number of pyridine rings is 1. The van der Waals surface area contributed by atoms with Crippen LogP contribution in [0.1, 0.15) is 5.56 Å². The van der Waals surface area contributed by atoms with E-state index >= 15 is 0 Å². The van der Waals surface area contributed by atoms with Crippen molar-refractivity contribution in [3.05, 3.63) is 29.2 Å². The van der Waals surface area contributed by atoms with Crippen LogP contribution in [-0.4, -0.2) is 14.8 Å². The Morgan fingerprint density at radius 3 is 2.50 bits per heavy atom. The fourth-order valence-electron chi connectivity index (χ4n) is 1.55.